The third kappa shape index (κ3) is 19.3. The Kier molecular flexibility index (Phi) is 25.2. The molecular formula is C91H82F7N21O11S. The molecule has 32 nitrogen and oxygen atoms in total. The first-order chi connectivity index (χ1) is 63.2. The molecule has 0 amide bonds. The van der Waals surface area contributed by atoms with Crippen LogP contribution in [0.4, 0.5) is 59.8 Å². The molecule has 0 radical (unpaired) electrons. The van der Waals surface area contributed by atoms with Crippen molar-refractivity contribution in [3.63, 3.8) is 0 Å². The van der Waals surface area contributed by atoms with E-state index in [1.54, 1.807) is 112 Å². The van der Waals surface area contributed by atoms with E-state index in [1.807, 2.05) is 64.0 Å². The molecular weight excluding hydrogens is 1730 g/mol. The molecule has 3 N–H and O–H groups in total. The van der Waals surface area contributed by atoms with E-state index in [2.05, 4.69) is 82.6 Å². The summed E-state index contributed by atoms with van der Waals surface area (Å²) in [5.41, 5.74) is 8.08. The average molecular weight is 1810 g/mol. The number of ketones is 1. The van der Waals surface area contributed by atoms with E-state index in [-0.39, 0.29) is 107 Å². The summed E-state index contributed by atoms with van der Waals surface area (Å²) in [5, 5.41) is 30.3. The standard InChI is InChI=1S/C20H20FN5O2.C18H17FN4O3.C18H15FN4O2.C18H17FN4OS.C17H13F3N4O3/c1-12-4-5-16-14(9-13(21)10-22-16)17-3-2-7-25(17)18-6-8-26-19(24-18)15(11-23-26)20(27)28-12;1-11-13-9-12(19)3-4-15(13)25-7-8-26-18(24)14-10-20-23-6-5-16(22(11)2)21-17(14)23;1-11-13-9-12(19)4-5-16(13)25-8-2-3-15(24)14-10-20-23-7-6-17(21-11)22-18(14)23;1-11-14-9-13(19)3-4-16(14)25-8-7-24-12(2)15-10-20-23-6-5-17(21-11)22-18(15)23;1-9-11-6-10(18)2-3-13(11)27-17(19,20)8-26-16(25)12-7-21-24-5-4-14(22-9)23-15(12)24/h6,8-12,17H,2-5,7H2,1H3;3-6,9-11H,7-8H2,1-2H3;2-7,9-11H,8H2,1H3,(H,21,22);3-6,9-11H,2,7-8H2,1H3,(H,21,22);2-7,9H,8H2,1H3,(H,22,23)/b;;3-2+;;/t12-,17-;3*11-;9-/m11111/s1. The number of anilines is 5. The Morgan fingerprint density at radius 3 is 1.58 bits per heavy atom. The summed E-state index contributed by atoms with van der Waals surface area (Å²) in [7, 11) is 1.85. The van der Waals surface area contributed by atoms with Crippen LogP contribution in [0.25, 0.3) is 34.0 Å². The Bertz CT molecular complexity index is 6930. The van der Waals surface area contributed by atoms with Gasteiger partial charge < -0.3 is 58.9 Å². The molecule has 6 atom stereocenters. The second kappa shape index (κ2) is 37.6. The number of nitrogens with one attached hydrogen (secondary N) is 3. The number of benzene rings is 4. The number of fused-ring (bicyclic) bond motifs is 13. The molecule has 6 aliphatic rings. The molecule has 1 fully saturated rings. The van der Waals surface area contributed by atoms with Crippen molar-refractivity contribution < 1.29 is 83.1 Å². The maximum Gasteiger partial charge on any atom is 0.433 e. The van der Waals surface area contributed by atoms with Crippen molar-refractivity contribution in [2.45, 2.75) is 108 Å². The first-order valence-electron chi connectivity index (χ1n) is 41.6. The number of ether oxygens (including phenoxy) is 7. The highest BCUT2D eigenvalue weighted by atomic mass is 32.2. The lowest BCUT2D eigenvalue weighted by atomic mass is 9.99. The van der Waals surface area contributed by atoms with Crippen molar-refractivity contribution >= 4 is 98.5 Å². The zero-order valence-electron chi connectivity index (χ0n) is 70.9. The number of aromatic nitrogens is 16. The van der Waals surface area contributed by atoms with Crippen molar-refractivity contribution in [2.75, 3.05) is 78.1 Å². The van der Waals surface area contributed by atoms with Crippen LogP contribution in [-0.4, -0.2) is 166 Å². The van der Waals surface area contributed by atoms with Crippen LogP contribution in [0.15, 0.2) is 201 Å². The number of carbonyl (C=O) groups excluding carboxylic acids is 4. The second-order valence-electron chi connectivity index (χ2n) is 31.0. The normalized spacial score (nSPS) is 19.1. The highest BCUT2D eigenvalue weighted by Crippen LogP contribution is 2.41. The number of halogens is 7. The topological polar surface area (TPSA) is 339 Å². The number of pyridine rings is 1. The van der Waals surface area contributed by atoms with Gasteiger partial charge in [-0.25, -0.2) is 83.8 Å². The zero-order valence-corrected chi connectivity index (χ0v) is 71.8. The smallest absolute Gasteiger partial charge is 0.433 e. The predicted octanol–water partition coefficient (Wildman–Crippen LogP) is 16.2. The molecule has 4 aromatic carbocycles. The lowest BCUT2D eigenvalue weighted by Gasteiger charge is -2.27. The van der Waals surface area contributed by atoms with Gasteiger partial charge in [0.2, 0.25) is 0 Å². The van der Waals surface area contributed by atoms with E-state index in [0.29, 0.717) is 105 Å². The van der Waals surface area contributed by atoms with Crippen LogP contribution in [0.5, 0.6) is 17.2 Å². The summed E-state index contributed by atoms with van der Waals surface area (Å²) in [5.74, 6) is 1.08. The molecule has 21 rings (SSSR count). The van der Waals surface area contributed by atoms with Gasteiger partial charge in [0.15, 0.2) is 40.6 Å². The van der Waals surface area contributed by atoms with Gasteiger partial charge in [0, 0.05) is 77.6 Å². The van der Waals surface area contributed by atoms with Crippen molar-refractivity contribution in [1.29, 1.82) is 0 Å². The zero-order chi connectivity index (χ0) is 91.5. The third-order valence-electron chi connectivity index (χ3n) is 22.2. The minimum absolute atomic E-state index is 0.00667. The number of hydrogen-bond donors (Lipinski definition) is 3. The van der Waals surface area contributed by atoms with Crippen LogP contribution in [0.3, 0.4) is 0 Å². The number of hydrogen-bond acceptors (Lipinski definition) is 28. The molecule has 1 saturated heterocycles. The van der Waals surface area contributed by atoms with E-state index in [1.165, 1.54) is 76.4 Å². The molecule has 131 heavy (non-hydrogen) atoms. The first-order valence-corrected chi connectivity index (χ1v) is 42.5. The highest BCUT2D eigenvalue weighted by molar-refractivity contribution is 7.99. The van der Waals surface area contributed by atoms with Crippen LogP contribution >= 0.6 is 11.8 Å². The third-order valence-corrected chi connectivity index (χ3v) is 23.3. The number of carbonyl (C=O) groups is 4. The maximum atomic E-state index is 14.2. The number of rotatable bonds is 0. The van der Waals surface area contributed by atoms with Gasteiger partial charge >= 0.3 is 24.0 Å². The van der Waals surface area contributed by atoms with E-state index in [0.717, 1.165) is 76.4 Å². The van der Waals surface area contributed by atoms with Gasteiger partial charge in [0.25, 0.3) is 0 Å². The fraction of sp³-hybridized carbons (Fsp3) is 0.264. The molecule has 11 aromatic heterocycles. The van der Waals surface area contributed by atoms with Gasteiger partial charge in [-0.15, -0.1) is 11.8 Å². The number of cyclic esters (lactones) is 3. The van der Waals surface area contributed by atoms with E-state index in [4.69, 9.17) is 33.4 Å². The molecule has 0 saturated carbocycles. The number of thioether (sulfide) groups is 1. The number of esters is 3. The van der Waals surface area contributed by atoms with E-state index < -0.39 is 42.5 Å². The quantitative estimate of drug-likeness (QED) is 0.0721. The van der Waals surface area contributed by atoms with Gasteiger partial charge in [0.1, 0.15) is 118 Å². The minimum Gasteiger partial charge on any atom is -0.493 e. The van der Waals surface area contributed by atoms with Gasteiger partial charge in [0.05, 0.1) is 91.2 Å². The largest absolute Gasteiger partial charge is 0.493 e. The van der Waals surface area contributed by atoms with Crippen LogP contribution in [-0.2, 0) is 25.4 Å². The minimum atomic E-state index is -3.81. The van der Waals surface area contributed by atoms with E-state index >= 15 is 0 Å². The number of allylic oxidation sites excluding steroid dienone is 1. The fourth-order valence-corrected chi connectivity index (χ4v) is 16.4. The molecule has 6 aliphatic heterocycles. The lowest BCUT2D eigenvalue weighted by Crippen LogP contribution is -2.32. The summed E-state index contributed by atoms with van der Waals surface area (Å²) in [4.78, 5) is 81.5. The molecule has 0 aliphatic carbocycles. The average Bonchev–Trinajstić information content (AvgIpc) is 1.63. The summed E-state index contributed by atoms with van der Waals surface area (Å²) in [6, 6.07) is 26.1. The molecule has 0 unspecified atom stereocenters. The number of nitrogens with zero attached hydrogens (tertiary/aromatic N) is 18. The lowest BCUT2D eigenvalue weighted by molar-refractivity contribution is -0.201. The molecule has 672 valence electrons. The van der Waals surface area contributed by atoms with Crippen LogP contribution in [0.2, 0.25) is 0 Å². The number of aryl methyl sites for hydroxylation is 1. The predicted molar refractivity (Wildman–Crippen MR) is 466 cm³/mol. The Labute approximate surface area is 745 Å². The van der Waals surface area contributed by atoms with Crippen LogP contribution in [0, 0.1) is 29.1 Å². The first kappa shape index (κ1) is 87.8. The molecule has 40 heteroatoms. The monoisotopic (exact) mass is 1810 g/mol. The van der Waals surface area contributed by atoms with Crippen molar-refractivity contribution in [3.8, 4) is 17.2 Å². The van der Waals surface area contributed by atoms with E-state index in [9.17, 15) is 49.9 Å². The Morgan fingerprint density at radius 1 is 0.473 bits per heavy atom. The molecule has 0 spiro atoms. The Balaban J connectivity index is 0.000000115. The van der Waals surface area contributed by atoms with Gasteiger partial charge in [-0.2, -0.15) is 34.3 Å². The fourth-order valence-electron chi connectivity index (χ4n) is 15.5. The van der Waals surface area contributed by atoms with Crippen molar-refractivity contribution in [2.24, 2.45) is 0 Å². The van der Waals surface area contributed by atoms with Crippen molar-refractivity contribution in [3.05, 3.63) is 287 Å². The summed E-state index contributed by atoms with van der Waals surface area (Å²) < 4.78 is 142. The van der Waals surface area contributed by atoms with Crippen molar-refractivity contribution in [1.82, 2.24) is 78.0 Å². The summed E-state index contributed by atoms with van der Waals surface area (Å²) in [6.07, 6.45) is 19.2. The second-order valence-corrected chi connectivity index (χ2v) is 32.2. The Morgan fingerprint density at radius 2 is 0.954 bits per heavy atom. The van der Waals surface area contributed by atoms with Crippen LogP contribution in [0.1, 0.15) is 165 Å². The number of alkyl halides is 2. The molecule has 10 bridgehead atoms. The highest BCUT2D eigenvalue weighted by Gasteiger charge is 2.38. The summed E-state index contributed by atoms with van der Waals surface area (Å²) in [6.45, 7) is 13.7. The summed E-state index contributed by atoms with van der Waals surface area (Å²) >= 11 is 1.64. The van der Waals surface area contributed by atoms with Gasteiger partial charge in [-0.3, -0.25) is 9.78 Å². The van der Waals surface area contributed by atoms with Gasteiger partial charge in [-0.1, -0.05) is 6.58 Å². The maximum absolute atomic E-state index is 14.2. The van der Waals surface area contributed by atoms with Crippen LogP contribution < -0.4 is 40.0 Å². The SMILES string of the molecule is C=C1OCCSc2ccc(F)cc2[C@@H](C)Nc2ccn3ncc1c3n2.C[C@@H]1CCc2ncc(F)cc2[C@H]2CCCN2c2ccn3ncc(c3n2)C(=O)O1.C[C@@H]1c2cc(F)ccc2OCCOC(=O)c2cnn3ccc(nc23)N1C.C[C@H]1Nc2ccn3ncc(c3n2)C(=O)/C=C/COc2ccc(F)cc21.C[C@H]1Nc2ccn3ncc(c3n2)C(=O)OCC(F)(F)Oc2ccc(F)cc21. The van der Waals surface area contributed by atoms with Gasteiger partial charge in [-0.05, 0) is 193 Å². The molecule has 15 aromatic rings. The molecule has 17 heterocycles. The Hall–Kier alpha value is -15.3.